The number of anilines is 3. The number of para-hydroxylation sites is 1. The van der Waals surface area contributed by atoms with Crippen molar-refractivity contribution in [3.63, 3.8) is 0 Å². The molecular formula is C20H24N4O3. The fourth-order valence-electron chi connectivity index (χ4n) is 2.26. The van der Waals surface area contributed by atoms with Gasteiger partial charge in [-0.25, -0.2) is 4.79 Å². The van der Waals surface area contributed by atoms with E-state index in [1.165, 1.54) is 0 Å². The van der Waals surface area contributed by atoms with Crippen LogP contribution >= 0.6 is 0 Å². The molecule has 4 amide bonds. The second kappa shape index (κ2) is 10.6. The quantitative estimate of drug-likeness (QED) is 0.573. The Balaban J connectivity index is 1.76. The summed E-state index contributed by atoms with van der Waals surface area (Å²) in [5.41, 5.74) is 1.89. The lowest BCUT2D eigenvalue weighted by Crippen LogP contribution is -2.25. The number of amides is 4. The van der Waals surface area contributed by atoms with Gasteiger partial charge in [-0.05, 0) is 42.8 Å². The molecule has 27 heavy (non-hydrogen) atoms. The molecule has 4 N–H and O–H groups in total. The Morgan fingerprint density at radius 3 is 1.81 bits per heavy atom. The van der Waals surface area contributed by atoms with Crippen LogP contribution in [0.1, 0.15) is 26.2 Å². The van der Waals surface area contributed by atoms with Gasteiger partial charge in [-0.15, -0.1) is 0 Å². The van der Waals surface area contributed by atoms with Crippen LogP contribution < -0.4 is 21.3 Å². The van der Waals surface area contributed by atoms with Gasteiger partial charge >= 0.3 is 6.03 Å². The molecule has 2 aromatic carbocycles. The van der Waals surface area contributed by atoms with E-state index in [4.69, 9.17) is 0 Å². The number of urea groups is 1. The first-order valence-electron chi connectivity index (χ1n) is 8.86. The highest BCUT2D eigenvalue weighted by atomic mass is 16.2. The van der Waals surface area contributed by atoms with E-state index in [1.807, 2.05) is 25.1 Å². The summed E-state index contributed by atoms with van der Waals surface area (Å²) in [6.45, 7) is 2.59. The monoisotopic (exact) mass is 368 g/mol. The molecule has 0 aromatic heterocycles. The first-order chi connectivity index (χ1) is 13.1. The Morgan fingerprint density at radius 1 is 0.704 bits per heavy atom. The van der Waals surface area contributed by atoms with Crippen molar-refractivity contribution < 1.29 is 14.4 Å². The molecule has 0 aliphatic heterocycles. The maximum Gasteiger partial charge on any atom is 0.323 e. The van der Waals surface area contributed by atoms with Crippen LogP contribution in [0.3, 0.4) is 0 Å². The molecule has 0 heterocycles. The van der Waals surface area contributed by atoms with Gasteiger partial charge in [0.05, 0.1) is 0 Å². The Morgan fingerprint density at radius 2 is 1.22 bits per heavy atom. The molecule has 2 rings (SSSR count). The smallest absolute Gasteiger partial charge is 0.323 e. The fraction of sp³-hybridized carbons (Fsp3) is 0.250. The van der Waals surface area contributed by atoms with Gasteiger partial charge in [0.15, 0.2) is 0 Å². The summed E-state index contributed by atoms with van der Waals surface area (Å²) in [4.78, 5) is 35.3. The highest BCUT2D eigenvalue weighted by Gasteiger charge is 2.07. The van der Waals surface area contributed by atoms with Gasteiger partial charge in [0.1, 0.15) is 0 Å². The largest absolute Gasteiger partial charge is 0.356 e. The van der Waals surface area contributed by atoms with Crippen molar-refractivity contribution in [2.45, 2.75) is 26.2 Å². The van der Waals surface area contributed by atoms with Crippen LogP contribution in [0, 0.1) is 0 Å². The molecule has 0 saturated carbocycles. The minimum absolute atomic E-state index is 0.120. The lowest BCUT2D eigenvalue weighted by molar-refractivity contribution is -0.124. The van der Waals surface area contributed by atoms with E-state index in [0.29, 0.717) is 23.6 Å². The highest BCUT2D eigenvalue weighted by Crippen LogP contribution is 2.15. The maximum atomic E-state index is 11.9. The molecule has 7 heteroatoms. The van der Waals surface area contributed by atoms with E-state index in [2.05, 4.69) is 21.3 Å². The Labute approximate surface area is 158 Å². The van der Waals surface area contributed by atoms with Crippen LogP contribution in [0.15, 0.2) is 54.6 Å². The third kappa shape index (κ3) is 7.60. The summed E-state index contributed by atoms with van der Waals surface area (Å²) in [5, 5.41) is 10.9. The van der Waals surface area contributed by atoms with Gasteiger partial charge in [-0.2, -0.15) is 0 Å². The SMILES string of the molecule is CCCNC(=O)CCC(=O)Nc1ccc(NC(=O)Nc2ccccc2)cc1. The molecule has 2 aromatic rings. The average Bonchev–Trinajstić information content (AvgIpc) is 2.67. The summed E-state index contributed by atoms with van der Waals surface area (Å²) >= 11 is 0. The zero-order valence-electron chi connectivity index (χ0n) is 15.2. The Hall–Kier alpha value is -3.35. The highest BCUT2D eigenvalue weighted by molar-refractivity contribution is 6.00. The Kier molecular flexibility index (Phi) is 7.84. The summed E-state index contributed by atoms with van der Waals surface area (Å²) in [6.07, 6.45) is 1.14. The zero-order valence-corrected chi connectivity index (χ0v) is 15.2. The third-order valence-electron chi connectivity index (χ3n) is 3.61. The van der Waals surface area contributed by atoms with E-state index in [-0.39, 0.29) is 30.7 Å². The topological polar surface area (TPSA) is 99.3 Å². The minimum atomic E-state index is -0.351. The molecule has 0 aliphatic carbocycles. The van der Waals surface area contributed by atoms with E-state index in [1.54, 1.807) is 36.4 Å². The molecule has 142 valence electrons. The van der Waals surface area contributed by atoms with Crippen LogP contribution in [0.4, 0.5) is 21.9 Å². The van der Waals surface area contributed by atoms with E-state index in [0.717, 1.165) is 6.42 Å². The molecule has 0 radical (unpaired) electrons. The van der Waals surface area contributed by atoms with E-state index < -0.39 is 0 Å². The van der Waals surface area contributed by atoms with Crippen molar-refractivity contribution >= 4 is 34.9 Å². The lowest BCUT2D eigenvalue weighted by atomic mass is 10.2. The van der Waals surface area contributed by atoms with Gasteiger partial charge in [0, 0.05) is 36.4 Å². The summed E-state index contributed by atoms with van der Waals surface area (Å²) in [6, 6.07) is 15.5. The fourth-order valence-corrected chi connectivity index (χ4v) is 2.26. The number of benzene rings is 2. The molecular weight excluding hydrogens is 344 g/mol. The number of carbonyl (C=O) groups excluding carboxylic acids is 3. The van der Waals surface area contributed by atoms with E-state index in [9.17, 15) is 14.4 Å². The molecule has 0 saturated heterocycles. The van der Waals surface area contributed by atoms with Crippen LogP contribution in [0.5, 0.6) is 0 Å². The van der Waals surface area contributed by atoms with Crippen molar-refractivity contribution in [1.82, 2.24) is 5.32 Å². The van der Waals surface area contributed by atoms with Crippen molar-refractivity contribution in [3.8, 4) is 0 Å². The molecule has 0 bridgehead atoms. The van der Waals surface area contributed by atoms with Gasteiger partial charge < -0.3 is 21.3 Å². The predicted octanol–water partition coefficient (Wildman–Crippen LogP) is 3.58. The number of nitrogens with one attached hydrogen (secondary N) is 4. The number of carbonyl (C=O) groups is 3. The van der Waals surface area contributed by atoms with Crippen molar-refractivity contribution in [2.75, 3.05) is 22.5 Å². The first-order valence-corrected chi connectivity index (χ1v) is 8.86. The second-order valence-corrected chi connectivity index (χ2v) is 5.92. The minimum Gasteiger partial charge on any atom is -0.356 e. The average molecular weight is 368 g/mol. The van der Waals surface area contributed by atoms with Crippen molar-refractivity contribution in [3.05, 3.63) is 54.6 Å². The maximum absolute atomic E-state index is 11.9. The van der Waals surface area contributed by atoms with Gasteiger partial charge in [-0.1, -0.05) is 25.1 Å². The van der Waals surface area contributed by atoms with Crippen molar-refractivity contribution in [2.24, 2.45) is 0 Å². The number of hydrogen-bond donors (Lipinski definition) is 4. The normalized spacial score (nSPS) is 9.96. The van der Waals surface area contributed by atoms with Crippen LogP contribution in [-0.4, -0.2) is 24.4 Å². The summed E-state index contributed by atoms with van der Waals surface area (Å²) in [7, 11) is 0. The van der Waals surface area contributed by atoms with Gasteiger partial charge in [-0.3, -0.25) is 9.59 Å². The molecule has 0 atom stereocenters. The van der Waals surface area contributed by atoms with E-state index >= 15 is 0 Å². The summed E-state index contributed by atoms with van der Waals surface area (Å²) < 4.78 is 0. The van der Waals surface area contributed by atoms with Crippen LogP contribution in [0.25, 0.3) is 0 Å². The zero-order chi connectivity index (χ0) is 19.5. The van der Waals surface area contributed by atoms with Gasteiger partial charge in [0.25, 0.3) is 0 Å². The lowest BCUT2D eigenvalue weighted by Gasteiger charge is -2.09. The standard InChI is InChI=1S/C20H24N4O3/c1-2-14-21-18(25)12-13-19(26)22-16-8-10-17(11-9-16)24-20(27)23-15-6-4-3-5-7-15/h3-11H,2,12-14H2,1H3,(H,21,25)(H,22,26)(H2,23,24,27). The summed E-state index contributed by atoms with van der Waals surface area (Å²) in [5.74, 6) is -0.361. The van der Waals surface area contributed by atoms with Crippen molar-refractivity contribution in [1.29, 1.82) is 0 Å². The Bertz CT molecular complexity index is 761. The molecule has 0 fully saturated rings. The molecule has 0 spiro atoms. The van der Waals surface area contributed by atoms with Gasteiger partial charge in [0.2, 0.25) is 11.8 Å². The molecule has 0 unspecified atom stereocenters. The number of hydrogen-bond acceptors (Lipinski definition) is 3. The van der Waals surface area contributed by atoms with Crippen LogP contribution in [-0.2, 0) is 9.59 Å². The molecule has 7 nitrogen and oxygen atoms in total. The second-order valence-electron chi connectivity index (χ2n) is 5.92. The number of rotatable bonds is 8. The first kappa shape index (κ1) is 20.0. The third-order valence-corrected chi connectivity index (χ3v) is 3.61. The van der Waals surface area contributed by atoms with Crippen LogP contribution in [0.2, 0.25) is 0 Å². The predicted molar refractivity (Wildman–Crippen MR) is 107 cm³/mol. The molecule has 0 aliphatic rings.